The quantitative estimate of drug-likeness (QED) is 0.505. The highest BCUT2D eigenvalue weighted by Crippen LogP contribution is 2.29. The summed E-state index contributed by atoms with van der Waals surface area (Å²) in [6, 6.07) is 4.57. The van der Waals surface area contributed by atoms with Gasteiger partial charge in [-0.1, -0.05) is 6.07 Å². The van der Waals surface area contributed by atoms with E-state index in [0.717, 1.165) is 12.1 Å². The van der Waals surface area contributed by atoms with Crippen LogP contribution in [0.1, 0.15) is 5.56 Å². The molecule has 0 amide bonds. The van der Waals surface area contributed by atoms with Crippen LogP contribution in [0, 0.1) is 0 Å². The first kappa shape index (κ1) is 12.3. The van der Waals surface area contributed by atoms with Gasteiger partial charge in [-0.25, -0.2) is 0 Å². The van der Waals surface area contributed by atoms with Gasteiger partial charge in [0.05, 0.1) is 5.56 Å². The molecule has 0 atom stereocenters. The molecule has 0 spiro atoms. The summed E-state index contributed by atoms with van der Waals surface area (Å²) in [6.07, 6.45) is -4.30. The van der Waals surface area contributed by atoms with Crippen LogP contribution in [0.5, 0.6) is 0 Å². The van der Waals surface area contributed by atoms with Gasteiger partial charge in [0, 0.05) is 5.69 Å². The minimum Gasteiger partial charge on any atom is -0.483 e. The van der Waals surface area contributed by atoms with Crippen LogP contribution in [0.15, 0.2) is 24.3 Å². The monoisotopic (exact) mass is 207 g/mol. The van der Waals surface area contributed by atoms with Crippen molar-refractivity contribution in [3.05, 3.63) is 29.8 Å². The molecule has 3 N–H and O–H groups in total. The second-order valence-corrected chi connectivity index (χ2v) is 2.23. The van der Waals surface area contributed by atoms with Gasteiger partial charge in [-0.15, -0.1) is 0 Å². The zero-order valence-electron chi connectivity index (χ0n) is 6.95. The number of carboxylic acid groups (broad SMARTS) is 1. The molecule has 6 heteroatoms. The average molecular weight is 207 g/mol. The third kappa shape index (κ3) is 4.34. The molecule has 1 aromatic carbocycles. The predicted octanol–water partition coefficient (Wildman–Crippen LogP) is 1.99. The molecular formula is C8H8F3NO2. The summed E-state index contributed by atoms with van der Waals surface area (Å²) < 4.78 is 35.7. The van der Waals surface area contributed by atoms with Gasteiger partial charge in [0.1, 0.15) is 0 Å². The largest absolute Gasteiger partial charge is 0.483 e. The van der Waals surface area contributed by atoms with E-state index < -0.39 is 11.7 Å². The Labute approximate surface area is 78.0 Å². The molecule has 0 fully saturated rings. The molecule has 0 saturated heterocycles. The van der Waals surface area contributed by atoms with E-state index >= 15 is 0 Å². The maximum Gasteiger partial charge on any atom is 0.416 e. The van der Waals surface area contributed by atoms with Gasteiger partial charge in [0.2, 0.25) is 0 Å². The molecular weight excluding hydrogens is 199 g/mol. The Hall–Kier alpha value is -1.72. The van der Waals surface area contributed by atoms with Crippen molar-refractivity contribution in [2.75, 3.05) is 5.73 Å². The summed E-state index contributed by atoms with van der Waals surface area (Å²) in [5.41, 5.74) is 4.57. The third-order valence-electron chi connectivity index (χ3n) is 1.21. The summed E-state index contributed by atoms with van der Waals surface area (Å²) in [4.78, 5) is 8.36. The van der Waals surface area contributed by atoms with Crippen molar-refractivity contribution in [1.82, 2.24) is 0 Å². The Morgan fingerprint density at radius 3 is 2.14 bits per heavy atom. The van der Waals surface area contributed by atoms with E-state index in [-0.39, 0.29) is 12.2 Å². The molecule has 0 radical (unpaired) electrons. The highest BCUT2D eigenvalue weighted by molar-refractivity contribution is 5.41. The molecule has 1 aromatic rings. The molecule has 0 aliphatic carbocycles. The van der Waals surface area contributed by atoms with Gasteiger partial charge in [-0.05, 0) is 18.2 Å². The fourth-order valence-electron chi connectivity index (χ4n) is 0.715. The molecule has 1 rings (SSSR count). The van der Waals surface area contributed by atoms with E-state index in [1.807, 2.05) is 0 Å². The van der Waals surface area contributed by atoms with Crippen molar-refractivity contribution >= 4 is 12.2 Å². The lowest BCUT2D eigenvalue weighted by atomic mass is 10.2. The Balaban J connectivity index is 0.000000500. The first-order chi connectivity index (χ1) is 6.41. The van der Waals surface area contributed by atoms with Crippen molar-refractivity contribution in [2.24, 2.45) is 0 Å². The summed E-state index contributed by atoms with van der Waals surface area (Å²) in [7, 11) is 0. The zero-order chi connectivity index (χ0) is 11.2. The first-order valence-electron chi connectivity index (χ1n) is 3.42. The topological polar surface area (TPSA) is 63.3 Å². The standard InChI is InChI=1S/C7H6F3N.CH2O2/c8-7(9,10)5-2-1-3-6(11)4-5;2-1-3/h1-4H,11H2;1H,(H,2,3). The second-order valence-electron chi connectivity index (χ2n) is 2.23. The van der Waals surface area contributed by atoms with Gasteiger partial charge in [-0.3, -0.25) is 4.79 Å². The lowest BCUT2D eigenvalue weighted by Crippen LogP contribution is -2.04. The van der Waals surface area contributed by atoms with Crippen molar-refractivity contribution in [3.8, 4) is 0 Å². The highest BCUT2D eigenvalue weighted by atomic mass is 19.4. The molecule has 3 nitrogen and oxygen atoms in total. The number of halogens is 3. The van der Waals surface area contributed by atoms with Gasteiger partial charge in [-0.2, -0.15) is 13.2 Å². The Kier molecular flexibility index (Phi) is 4.48. The van der Waals surface area contributed by atoms with Crippen molar-refractivity contribution in [1.29, 1.82) is 0 Å². The lowest BCUT2D eigenvalue weighted by molar-refractivity contribution is -0.137. The Bertz CT molecular complexity index is 299. The van der Waals surface area contributed by atoms with Crippen LogP contribution < -0.4 is 5.73 Å². The molecule has 0 aliphatic heterocycles. The van der Waals surface area contributed by atoms with Gasteiger partial charge < -0.3 is 10.8 Å². The minimum atomic E-state index is -4.30. The van der Waals surface area contributed by atoms with Gasteiger partial charge >= 0.3 is 6.18 Å². The van der Waals surface area contributed by atoms with Gasteiger partial charge in [0.15, 0.2) is 0 Å². The number of hydrogen-bond donors (Lipinski definition) is 2. The predicted molar refractivity (Wildman–Crippen MR) is 44.5 cm³/mol. The summed E-state index contributed by atoms with van der Waals surface area (Å²) >= 11 is 0. The fourth-order valence-corrected chi connectivity index (χ4v) is 0.715. The van der Waals surface area contributed by atoms with E-state index in [1.165, 1.54) is 12.1 Å². The Morgan fingerprint density at radius 2 is 1.86 bits per heavy atom. The number of hydrogen-bond acceptors (Lipinski definition) is 2. The van der Waals surface area contributed by atoms with Crippen molar-refractivity contribution in [2.45, 2.75) is 6.18 Å². The van der Waals surface area contributed by atoms with Gasteiger partial charge in [0.25, 0.3) is 6.47 Å². The number of nitrogen functional groups attached to an aromatic ring is 1. The van der Waals surface area contributed by atoms with Crippen LogP contribution in [0.4, 0.5) is 18.9 Å². The molecule has 0 heterocycles. The molecule has 14 heavy (non-hydrogen) atoms. The van der Waals surface area contributed by atoms with Crippen LogP contribution >= 0.6 is 0 Å². The van der Waals surface area contributed by atoms with Crippen LogP contribution in [0.25, 0.3) is 0 Å². The average Bonchev–Trinajstić information content (AvgIpc) is 2.04. The second kappa shape index (κ2) is 5.11. The van der Waals surface area contributed by atoms with E-state index in [2.05, 4.69) is 0 Å². The van der Waals surface area contributed by atoms with E-state index in [9.17, 15) is 13.2 Å². The number of benzene rings is 1. The highest BCUT2D eigenvalue weighted by Gasteiger charge is 2.30. The maximum atomic E-state index is 11.9. The number of rotatable bonds is 0. The van der Waals surface area contributed by atoms with Crippen LogP contribution in [0.2, 0.25) is 0 Å². The zero-order valence-corrected chi connectivity index (χ0v) is 6.95. The SMILES string of the molecule is Nc1cccc(C(F)(F)F)c1.O=CO. The van der Waals surface area contributed by atoms with E-state index in [4.69, 9.17) is 15.6 Å². The molecule has 0 aromatic heterocycles. The molecule has 0 aliphatic rings. The molecule has 78 valence electrons. The molecule has 0 bridgehead atoms. The first-order valence-corrected chi connectivity index (χ1v) is 3.42. The Morgan fingerprint density at radius 1 is 1.36 bits per heavy atom. The fraction of sp³-hybridized carbons (Fsp3) is 0.125. The number of nitrogens with two attached hydrogens (primary N) is 1. The number of anilines is 1. The summed E-state index contributed by atoms with van der Waals surface area (Å²) in [5.74, 6) is 0. The molecule has 0 unspecified atom stereocenters. The van der Waals surface area contributed by atoms with Crippen molar-refractivity contribution in [3.63, 3.8) is 0 Å². The van der Waals surface area contributed by atoms with Crippen LogP contribution in [-0.4, -0.2) is 11.6 Å². The smallest absolute Gasteiger partial charge is 0.416 e. The third-order valence-corrected chi connectivity index (χ3v) is 1.21. The van der Waals surface area contributed by atoms with Crippen LogP contribution in [0.3, 0.4) is 0 Å². The maximum absolute atomic E-state index is 11.9. The van der Waals surface area contributed by atoms with Crippen molar-refractivity contribution < 1.29 is 23.1 Å². The summed E-state index contributed by atoms with van der Waals surface area (Å²) in [5, 5.41) is 6.89. The minimum absolute atomic E-state index is 0.125. The van der Waals surface area contributed by atoms with E-state index in [1.54, 1.807) is 0 Å². The molecule has 0 saturated carbocycles. The summed E-state index contributed by atoms with van der Waals surface area (Å²) in [6.45, 7) is -0.250. The van der Waals surface area contributed by atoms with Crippen LogP contribution in [-0.2, 0) is 11.0 Å². The van der Waals surface area contributed by atoms with E-state index in [0.29, 0.717) is 0 Å². The normalized spacial score (nSPS) is 9.93. The number of carbonyl (C=O) groups is 1. The lowest BCUT2D eigenvalue weighted by Gasteiger charge is -2.05. The number of alkyl halides is 3.